The topological polar surface area (TPSA) is 75.7 Å². The summed E-state index contributed by atoms with van der Waals surface area (Å²) >= 11 is 18.0. The number of methoxy groups -OCH3 is 1. The summed E-state index contributed by atoms with van der Waals surface area (Å²) in [6.45, 7) is 0.501. The number of nitrogens with one attached hydrogen (secondary N) is 1. The lowest BCUT2D eigenvalue weighted by molar-refractivity contribution is -0.120. The van der Waals surface area contributed by atoms with Gasteiger partial charge in [0.05, 0.1) is 33.8 Å². The van der Waals surface area contributed by atoms with Crippen LogP contribution in [0.5, 0.6) is 5.75 Å². The average molecular weight is 492 g/mol. The van der Waals surface area contributed by atoms with Crippen molar-refractivity contribution in [2.75, 3.05) is 25.5 Å². The number of amides is 1. The van der Waals surface area contributed by atoms with Gasteiger partial charge in [-0.25, -0.2) is 12.7 Å². The molecule has 0 aromatic heterocycles. The molecule has 6 nitrogen and oxygen atoms in total. The van der Waals surface area contributed by atoms with Gasteiger partial charge >= 0.3 is 0 Å². The van der Waals surface area contributed by atoms with Crippen LogP contribution in [-0.2, 0) is 20.6 Å². The number of hydrogen-bond acceptors (Lipinski definition) is 4. The molecule has 1 fully saturated rings. The molecular weight excluding hydrogens is 471 g/mol. The Hall–Kier alpha value is -1.51. The summed E-state index contributed by atoms with van der Waals surface area (Å²) in [4.78, 5) is 12.7. The Morgan fingerprint density at radius 2 is 1.90 bits per heavy atom. The second kappa shape index (κ2) is 9.75. The fraction of sp³-hybridized carbons (Fsp3) is 0.350. The fourth-order valence-corrected chi connectivity index (χ4v) is 5.50. The maximum Gasteiger partial charge on any atom is 0.228 e. The summed E-state index contributed by atoms with van der Waals surface area (Å²) in [5.41, 5.74) is 1.07. The maximum absolute atomic E-state index is 12.9. The Kier molecular flexibility index (Phi) is 7.52. The van der Waals surface area contributed by atoms with Crippen LogP contribution in [0.25, 0.3) is 0 Å². The van der Waals surface area contributed by atoms with Gasteiger partial charge in [-0.3, -0.25) is 4.79 Å². The third-order valence-electron chi connectivity index (χ3n) is 4.90. The molecule has 1 saturated heterocycles. The molecule has 2 aromatic rings. The number of benzene rings is 2. The molecule has 2 aromatic carbocycles. The minimum Gasteiger partial charge on any atom is -0.495 e. The number of nitrogens with zero attached hydrogens (tertiary/aromatic N) is 1. The fourth-order valence-electron chi connectivity index (χ4n) is 3.33. The average Bonchev–Trinajstić information content (AvgIpc) is 2.71. The predicted molar refractivity (Wildman–Crippen MR) is 120 cm³/mol. The highest BCUT2D eigenvalue weighted by atomic mass is 35.5. The smallest absolute Gasteiger partial charge is 0.228 e. The normalized spacial score (nSPS) is 17.5. The Bertz CT molecular complexity index is 1050. The van der Waals surface area contributed by atoms with Gasteiger partial charge in [0.25, 0.3) is 0 Å². The third-order valence-corrected chi connectivity index (χ3v) is 7.75. The predicted octanol–water partition coefficient (Wildman–Crippen LogP) is 4.84. The number of sulfonamides is 1. The summed E-state index contributed by atoms with van der Waals surface area (Å²) in [5.74, 6) is -0.396. The Balaban J connectivity index is 1.67. The number of hydrogen-bond donors (Lipinski definition) is 1. The molecule has 0 saturated carbocycles. The van der Waals surface area contributed by atoms with Crippen molar-refractivity contribution in [1.29, 1.82) is 0 Å². The standard InChI is InChI=1S/C20H21Cl3N2O4S/c1-29-19-7-5-15(10-18(19)23)24-20(26)14-3-2-8-25(11-14)30(27,28)12-13-4-6-16(21)17(22)9-13/h4-7,9-10,14H,2-3,8,11-12H2,1H3,(H,24,26)/t14-/m1/s1. The van der Waals surface area contributed by atoms with E-state index in [9.17, 15) is 13.2 Å². The minimum atomic E-state index is -3.61. The molecule has 1 amide bonds. The zero-order chi connectivity index (χ0) is 21.9. The van der Waals surface area contributed by atoms with E-state index in [0.717, 1.165) is 0 Å². The van der Waals surface area contributed by atoms with Crippen LogP contribution in [0.15, 0.2) is 36.4 Å². The maximum atomic E-state index is 12.9. The van der Waals surface area contributed by atoms with Crippen LogP contribution in [-0.4, -0.2) is 38.8 Å². The van der Waals surface area contributed by atoms with Crippen LogP contribution in [0.2, 0.25) is 15.1 Å². The van der Waals surface area contributed by atoms with Gasteiger partial charge in [0.2, 0.25) is 15.9 Å². The van der Waals surface area contributed by atoms with E-state index in [1.165, 1.54) is 11.4 Å². The van der Waals surface area contributed by atoms with E-state index < -0.39 is 15.9 Å². The molecule has 162 valence electrons. The van der Waals surface area contributed by atoms with Crippen LogP contribution in [0.1, 0.15) is 18.4 Å². The highest BCUT2D eigenvalue weighted by Crippen LogP contribution is 2.29. The van der Waals surface area contributed by atoms with E-state index in [2.05, 4.69) is 5.32 Å². The summed E-state index contributed by atoms with van der Waals surface area (Å²) < 4.78 is 32.2. The summed E-state index contributed by atoms with van der Waals surface area (Å²) in [5, 5.41) is 3.86. The number of carbonyl (C=O) groups excluding carboxylic acids is 1. The molecule has 10 heteroatoms. The summed E-state index contributed by atoms with van der Waals surface area (Å²) in [6, 6.07) is 9.69. The molecule has 0 bridgehead atoms. The molecule has 0 spiro atoms. The quantitative estimate of drug-likeness (QED) is 0.627. The first-order valence-electron chi connectivity index (χ1n) is 9.26. The van der Waals surface area contributed by atoms with E-state index in [4.69, 9.17) is 39.5 Å². The Labute approximate surface area is 191 Å². The largest absolute Gasteiger partial charge is 0.495 e. The zero-order valence-corrected chi connectivity index (χ0v) is 19.3. The highest BCUT2D eigenvalue weighted by molar-refractivity contribution is 7.88. The van der Waals surface area contributed by atoms with Crippen LogP contribution < -0.4 is 10.1 Å². The molecule has 1 N–H and O–H groups in total. The van der Waals surface area contributed by atoms with Gasteiger partial charge in [-0.05, 0) is 48.7 Å². The van der Waals surface area contributed by atoms with Crippen molar-refractivity contribution < 1.29 is 17.9 Å². The number of ether oxygens (including phenoxy) is 1. The molecule has 1 aliphatic rings. The lowest BCUT2D eigenvalue weighted by atomic mass is 9.98. The van der Waals surface area contributed by atoms with Gasteiger partial charge in [-0.1, -0.05) is 40.9 Å². The summed E-state index contributed by atoms with van der Waals surface area (Å²) in [7, 11) is -2.10. The minimum absolute atomic E-state index is 0.124. The van der Waals surface area contributed by atoms with Gasteiger partial charge < -0.3 is 10.1 Å². The van der Waals surface area contributed by atoms with Gasteiger partial charge in [0.1, 0.15) is 5.75 Å². The first kappa shape index (κ1) is 23.2. The van der Waals surface area contributed by atoms with Crippen LogP contribution in [0.4, 0.5) is 5.69 Å². The van der Waals surface area contributed by atoms with Crippen LogP contribution in [0.3, 0.4) is 0 Å². The molecule has 1 atom stereocenters. The first-order valence-corrected chi connectivity index (χ1v) is 12.0. The van der Waals surface area contributed by atoms with Crippen molar-refractivity contribution in [3.8, 4) is 5.75 Å². The molecule has 0 unspecified atom stereocenters. The van der Waals surface area contributed by atoms with Crippen molar-refractivity contribution in [2.45, 2.75) is 18.6 Å². The van der Waals surface area contributed by atoms with Crippen molar-refractivity contribution in [3.05, 3.63) is 57.0 Å². The molecule has 30 heavy (non-hydrogen) atoms. The third kappa shape index (κ3) is 5.59. The highest BCUT2D eigenvalue weighted by Gasteiger charge is 2.32. The number of rotatable bonds is 6. The van der Waals surface area contributed by atoms with Gasteiger partial charge in [0, 0.05) is 18.8 Å². The molecule has 0 aliphatic carbocycles. The van der Waals surface area contributed by atoms with Gasteiger partial charge in [-0.2, -0.15) is 0 Å². The molecule has 1 aliphatic heterocycles. The van der Waals surface area contributed by atoms with Crippen molar-refractivity contribution in [2.24, 2.45) is 5.92 Å². The number of carbonyl (C=O) groups is 1. The Morgan fingerprint density at radius 3 is 2.57 bits per heavy atom. The monoisotopic (exact) mass is 490 g/mol. The molecule has 3 rings (SSSR count). The van der Waals surface area contributed by atoms with Crippen molar-refractivity contribution in [3.63, 3.8) is 0 Å². The molecule has 0 radical (unpaired) electrons. The molecule has 1 heterocycles. The SMILES string of the molecule is COc1ccc(NC(=O)[C@@H]2CCCN(S(=O)(=O)Cc3ccc(Cl)c(Cl)c3)C2)cc1Cl. The lowest BCUT2D eigenvalue weighted by Crippen LogP contribution is -2.44. The Morgan fingerprint density at radius 1 is 1.13 bits per heavy atom. The van der Waals surface area contributed by atoms with E-state index in [1.807, 2.05) is 0 Å². The van der Waals surface area contributed by atoms with Crippen molar-refractivity contribution >= 4 is 56.4 Å². The second-order valence-corrected chi connectivity index (χ2v) is 10.2. The molecular formula is C20H21Cl3N2O4S. The van der Waals surface area contributed by atoms with Crippen LogP contribution >= 0.6 is 34.8 Å². The van der Waals surface area contributed by atoms with Gasteiger partial charge in [-0.15, -0.1) is 0 Å². The van der Waals surface area contributed by atoms with Gasteiger partial charge in [0.15, 0.2) is 0 Å². The zero-order valence-electron chi connectivity index (χ0n) is 16.2. The number of halogens is 3. The number of piperidine rings is 1. The second-order valence-electron chi connectivity index (χ2n) is 7.04. The van der Waals surface area contributed by atoms with E-state index >= 15 is 0 Å². The van der Waals surface area contributed by atoms with E-state index in [0.29, 0.717) is 51.5 Å². The lowest BCUT2D eigenvalue weighted by Gasteiger charge is -2.31. The van der Waals surface area contributed by atoms with Crippen LogP contribution in [0, 0.1) is 5.92 Å². The van der Waals surface area contributed by atoms with E-state index in [1.54, 1.807) is 36.4 Å². The van der Waals surface area contributed by atoms with Crippen molar-refractivity contribution in [1.82, 2.24) is 4.31 Å². The summed E-state index contributed by atoms with van der Waals surface area (Å²) in [6.07, 6.45) is 1.20. The first-order chi connectivity index (χ1) is 14.2. The van der Waals surface area contributed by atoms with E-state index in [-0.39, 0.29) is 18.2 Å². The number of anilines is 1.